The first-order chi connectivity index (χ1) is 12.8. The van der Waals surface area contributed by atoms with Gasteiger partial charge in [-0.1, -0.05) is 33.6 Å². The number of carboxylic acids is 1. The Morgan fingerprint density at radius 1 is 1.30 bits per heavy atom. The van der Waals surface area contributed by atoms with Crippen LogP contribution in [0.2, 0.25) is 0 Å². The van der Waals surface area contributed by atoms with Gasteiger partial charge in [0.25, 0.3) is 0 Å². The molecule has 0 radical (unpaired) electrons. The summed E-state index contributed by atoms with van der Waals surface area (Å²) in [6.07, 6.45) is 5.26. The molecule has 1 N–H and O–H groups in total. The predicted molar refractivity (Wildman–Crippen MR) is 104 cm³/mol. The number of rotatable bonds is 6. The Labute approximate surface area is 165 Å². The molecular formula is C20H19BrN2O4. The van der Waals surface area contributed by atoms with Crippen molar-refractivity contribution >= 4 is 39.7 Å². The highest BCUT2D eigenvalue weighted by Gasteiger charge is 2.34. The lowest BCUT2D eigenvalue weighted by atomic mass is 9.87. The maximum Gasteiger partial charge on any atom is 0.307 e. The molecule has 1 heterocycles. The highest BCUT2D eigenvalue weighted by atomic mass is 79.9. The standard InChI is InChI=1S/C20H19BrN2O4/c1-12-6-16(8-17(24)7-12)23-11-14(10-22-23)18(20(26)27)9-19(25)13-2-4-15(21)5-3-13/h2-6,8,10,14,18H,7,9,11H2,1H3,(H,26,27)/t14-,18+/m0/s1. The molecule has 140 valence electrons. The second kappa shape index (κ2) is 8.00. The minimum absolute atomic E-state index is 0.00357. The molecular weight excluding hydrogens is 412 g/mol. The SMILES string of the molecule is CC1=CC(N2C[C@@H]([C@@H](CC(=O)c3ccc(Br)cc3)C(=O)O)C=N2)=CC(=O)C1. The van der Waals surface area contributed by atoms with Crippen LogP contribution in [-0.4, -0.2) is 40.4 Å². The smallest absolute Gasteiger partial charge is 0.307 e. The number of hydrazone groups is 1. The van der Waals surface area contributed by atoms with Crippen LogP contribution in [0.3, 0.4) is 0 Å². The fraction of sp³-hybridized carbons (Fsp3) is 0.300. The van der Waals surface area contributed by atoms with Gasteiger partial charge in [0, 0.05) is 41.1 Å². The summed E-state index contributed by atoms with van der Waals surface area (Å²) in [5.74, 6) is -2.53. The molecule has 0 amide bonds. The number of hydrogen-bond acceptors (Lipinski definition) is 5. The second-order valence-electron chi connectivity index (χ2n) is 6.79. The van der Waals surface area contributed by atoms with E-state index in [9.17, 15) is 19.5 Å². The maximum absolute atomic E-state index is 12.5. The number of halogens is 1. The number of ketones is 2. The van der Waals surface area contributed by atoms with Crippen LogP contribution in [0.25, 0.3) is 0 Å². The number of benzene rings is 1. The molecule has 6 nitrogen and oxygen atoms in total. The first-order valence-electron chi connectivity index (χ1n) is 8.58. The minimum atomic E-state index is -1.03. The zero-order valence-electron chi connectivity index (χ0n) is 14.8. The molecule has 0 unspecified atom stereocenters. The molecule has 0 aromatic heterocycles. The second-order valence-corrected chi connectivity index (χ2v) is 7.71. The van der Waals surface area contributed by atoms with E-state index in [1.54, 1.807) is 35.5 Å². The van der Waals surface area contributed by atoms with Crippen LogP contribution in [0.15, 0.2) is 57.3 Å². The molecule has 2 atom stereocenters. The first kappa shape index (κ1) is 19.2. The van der Waals surface area contributed by atoms with Gasteiger partial charge in [0.05, 0.1) is 18.2 Å². The molecule has 0 fully saturated rings. The highest BCUT2D eigenvalue weighted by molar-refractivity contribution is 9.10. The molecule has 0 saturated carbocycles. The van der Waals surface area contributed by atoms with E-state index >= 15 is 0 Å². The van der Waals surface area contributed by atoms with Crippen molar-refractivity contribution in [1.82, 2.24) is 5.01 Å². The summed E-state index contributed by atoms with van der Waals surface area (Å²) in [5, 5.41) is 15.5. The van der Waals surface area contributed by atoms with Crippen LogP contribution >= 0.6 is 15.9 Å². The molecule has 7 heteroatoms. The minimum Gasteiger partial charge on any atom is -0.481 e. The normalized spacial score (nSPS) is 20.3. The van der Waals surface area contributed by atoms with Crippen molar-refractivity contribution in [3.63, 3.8) is 0 Å². The summed E-state index contributed by atoms with van der Waals surface area (Å²) < 4.78 is 0.853. The molecule has 3 rings (SSSR count). The summed E-state index contributed by atoms with van der Waals surface area (Å²) in [7, 11) is 0. The van der Waals surface area contributed by atoms with Gasteiger partial charge in [-0.15, -0.1) is 0 Å². The van der Waals surface area contributed by atoms with Gasteiger partial charge in [-0.05, 0) is 25.1 Å². The van der Waals surface area contributed by atoms with Gasteiger partial charge in [-0.25, -0.2) is 0 Å². The van der Waals surface area contributed by atoms with Crippen molar-refractivity contribution in [3.8, 4) is 0 Å². The Morgan fingerprint density at radius 3 is 2.63 bits per heavy atom. The Kier molecular flexibility index (Phi) is 5.70. The third-order valence-electron chi connectivity index (χ3n) is 4.64. The molecule has 0 spiro atoms. The largest absolute Gasteiger partial charge is 0.481 e. The third-order valence-corrected chi connectivity index (χ3v) is 5.17. The quantitative estimate of drug-likeness (QED) is 0.698. The fourth-order valence-corrected chi connectivity index (χ4v) is 3.49. The molecule has 0 bridgehead atoms. The Hall–Kier alpha value is -2.54. The number of Topliss-reactive ketones (excluding diaryl/α,β-unsaturated/α-hetero) is 1. The van der Waals surface area contributed by atoms with Crippen molar-refractivity contribution in [3.05, 3.63) is 57.7 Å². The summed E-state index contributed by atoms with van der Waals surface area (Å²) in [4.78, 5) is 36.0. The van der Waals surface area contributed by atoms with Gasteiger partial charge in [0.2, 0.25) is 0 Å². The number of carboxylic acid groups (broad SMARTS) is 1. The van der Waals surface area contributed by atoms with Crippen LogP contribution in [0, 0.1) is 11.8 Å². The van der Waals surface area contributed by atoms with E-state index in [4.69, 9.17) is 0 Å². The molecule has 1 aliphatic carbocycles. The van der Waals surface area contributed by atoms with E-state index in [1.807, 2.05) is 13.0 Å². The van der Waals surface area contributed by atoms with Crippen molar-refractivity contribution in [2.24, 2.45) is 16.9 Å². The summed E-state index contributed by atoms with van der Waals surface area (Å²) in [5.41, 5.74) is 2.08. The molecule has 1 aliphatic heterocycles. The average molecular weight is 431 g/mol. The molecule has 2 aliphatic rings. The van der Waals surface area contributed by atoms with Gasteiger partial charge in [0.1, 0.15) is 0 Å². The van der Waals surface area contributed by atoms with E-state index in [0.29, 0.717) is 24.2 Å². The topological polar surface area (TPSA) is 87.0 Å². The van der Waals surface area contributed by atoms with Gasteiger partial charge < -0.3 is 5.11 Å². The van der Waals surface area contributed by atoms with Crippen molar-refractivity contribution in [1.29, 1.82) is 0 Å². The van der Waals surface area contributed by atoms with Crippen molar-refractivity contribution in [2.75, 3.05) is 6.54 Å². The predicted octanol–water partition coefficient (Wildman–Crippen LogP) is 3.44. The Balaban J connectivity index is 1.71. The summed E-state index contributed by atoms with van der Waals surface area (Å²) in [6.45, 7) is 2.20. The Bertz CT molecular complexity index is 870. The van der Waals surface area contributed by atoms with E-state index in [2.05, 4.69) is 21.0 Å². The number of aliphatic carboxylic acids is 1. The molecule has 0 saturated heterocycles. The lowest BCUT2D eigenvalue weighted by Gasteiger charge is -2.22. The van der Waals surface area contributed by atoms with Gasteiger partial charge in [-0.2, -0.15) is 5.10 Å². The maximum atomic E-state index is 12.5. The lowest BCUT2D eigenvalue weighted by Crippen LogP contribution is -2.31. The van der Waals surface area contributed by atoms with E-state index in [-0.39, 0.29) is 18.0 Å². The van der Waals surface area contributed by atoms with E-state index in [1.165, 1.54) is 6.08 Å². The number of allylic oxidation sites excluding steroid dienone is 3. The monoisotopic (exact) mass is 430 g/mol. The first-order valence-corrected chi connectivity index (χ1v) is 9.37. The number of carbonyl (C=O) groups is 3. The van der Waals surface area contributed by atoms with Gasteiger partial charge in [0.15, 0.2) is 11.6 Å². The molecule has 1 aromatic carbocycles. The number of nitrogens with zero attached hydrogens (tertiary/aromatic N) is 2. The van der Waals surface area contributed by atoms with Crippen LogP contribution in [0.5, 0.6) is 0 Å². The average Bonchev–Trinajstić information content (AvgIpc) is 3.08. The van der Waals surface area contributed by atoms with E-state index < -0.39 is 17.8 Å². The zero-order chi connectivity index (χ0) is 19.6. The number of hydrogen-bond donors (Lipinski definition) is 1. The lowest BCUT2D eigenvalue weighted by molar-refractivity contribution is -0.142. The van der Waals surface area contributed by atoms with Crippen molar-refractivity contribution < 1.29 is 19.5 Å². The molecule has 1 aromatic rings. The highest BCUT2D eigenvalue weighted by Crippen LogP contribution is 2.27. The van der Waals surface area contributed by atoms with Gasteiger partial charge in [-0.3, -0.25) is 19.4 Å². The zero-order valence-corrected chi connectivity index (χ0v) is 16.3. The van der Waals surface area contributed by atoms with Crippen LogP contribution in [0.4, 0.5) is 0 Å². The van der Waals surface area contributed by atoms with Gasteiger partial charge >= 0.3 is 5.97 Å². The fourth-order valence-electron chi connectivity index (χ4n) is 3.22. The van der Waals surface area contributed by atoms with Crippen LogP contribution in [0.1, 0.15) is 30.1 Å². The van der Waals surface area contributed by atoms with Crippen molar-refractivity contribution in [2.45, 2.75) is 19.8 Å². The van der Waals surface area contributed by atoms with Crippen LogP contribution in [-0.2, 0) is 9.59 Å². The Morgan fingerprint density at radius 2 is 2.00 bits per heavy atom. The third kappa shape index (κ3) is 4.60. The van der Waals surface area contributed by atoms with E-state index in [0.717, 1.165) is 10.0 Å². The summed E-state index contributed by atoms with van der Waals surface area (Å²) in [6, 6.07) is 6.85. The summed E-state index contributed by atoms with van der Waals surface area (Å²) >= 11 is 3.31. The number of carbonyl (C=O) groups excluding carboxylic acids is 2. The van der Waals surface area contributed by atoms with Crippen LogP contribution < -0.4 is 0 Å². The molecule has 27 heavy (non-hydrogen) atoms.